The highest BCUT2D eigenvalue weighted by molar-refractivity contribution is 7.15. The van der Waals surface area contributed by atoms with Crippen LogP contribution in [0.15, 0.2) is 54.7 Å². The van der Waals surface area contributed by atoms with Crippen molar-refractivity contribution in [2.75, 3.05) is 11.9 Å². The lowest BCUT2D eigenvalue weighted by Crippen LogP contribution is -2.40. The topological polar surface area (TPSA) is 62.3 Å². The molecule has 7 heteroatoms. The van der Waals surface area contributed by atoms with Gasteiger partial charge in [0.05, 0.1) is 12.5 Å². The highest BCUT2D eigenvalue weighted by atomic mass is 32.1. The van der Waals surface area contributed by atoms with E-state index in [1.54, 1.807) is 30.2 Å². The van der Waals surface area contributed by atoms with Gasteiger partial charge in [-0.05, 0) is 35.2 Å². The Morgan fingerprint density at radius 2 is 1.97 bits per heavy atom. The highest BCUT2D eigenvalue weighted by Crippen LogP contribution is 2.33. The van der Waals surface area contributed by atoms with Crippen LogP contribution in [0, 0.1) is 5.82 Å². The van der Waals surface area contributed by atoms with Crippen LogP contribution in [0.25, 0.3) is 0 Å². The molecule has 0 saturated carbocycles. The van der Waals surface area contributed by atoms with Crippen molar-refractivity contribution in [1.29, 1.82) is 0 Å². The summed E-state index contributed by atoms with van der Waals surface area (Å²) in [5.41, 5.74) is 3.20. The molecule has 1 aliphatic rings. The van der Waals surface area contributed by atoms with Crippen molar-refractivity contribution >= 4 is 28.3 Å². The fourth-order valence-electron chi connectivity index (χ4n) is 3.85. The Hall–Kier alpha value is -3.06. The van der Waals surface area contributed by atoms with Crippen molar-refractivity contribution in [3.8, 4) is 0 Å². The molecule has 2 amide bonds. The first-order valence-electron chi connectivity index (χ1n) is 9.83. The molecule has 0 fully saturated rings. The van der Waals surface area contributed by atoms with Gasteiger partial charge in [0.1, 0.15) is 5.82 Å². The summed E-state index contributed by atoms with van der Waals surface area (Å²) in [7, 11) is 0. The van der Waals surface area contributed by atoms with Gasteiger partial charge in [0.2, 0.25) is 11.8 Å². The summed E-state index contributed by atoms with van der Waals surface area (Å²) in [5, 5.41) is 3.39. The number of fused-ring (bicyclic) bond motifs is 1. The van der Waals surface area contributed by atoms with Crippen LogP contribution in [-0.4, -0.2) is 28.2 Å². The van der Waals surface area contributed by atoms with Gasteiger partial charge < -0.3 is 10.2 Å². The quantitative estimate of drug-likeness (QED) is 0.664. The molecule has 0 aliphatic carbocycles. The zero-order valence-corrected chi connectivity index (χ0v) is 17.4. The first-order chi connectivity index (χ1) is 14.5. The van der Waals surface area contributed by atoms with Crippen LogP contribution in [0.3, 0.4) is 0 Å². The van der Waals surface area contributed by atoms with Crippen molar-refractivity contribution in [3.63, 3.8) is 0 Å². The van der Waals surface area contributed by atoms with Crippen LogP contribution < -0.4 is 5.32 Å². The lowest BCUT2D eigenvalue weighted by atomic mass is 9.90. The van der Waals surface area contributed by atoms with Gasteiger partial charge in [0, 0.05) is 31.0 Å². The fourth-order valence-corrected chi connectivity index (χ4v) is 4.71. The number of thiazole rings is 1. The average Bonchev–Trinajstić information content (AvgIpc) is 3.16. The summed E-state index contributed by atoms with van der Waals surface area (Å²) >= 11 is 1.40. The van der Waals surface area contributed by atoms with Crippen molar-refractivity contribution < 1.29 is 14.0 Å². The number of aromatic nitrogens is 1. The molecule has 1 N–H and O–H groups in total. The van der Waals surface area contributed by atoms with Crippen LogP contribution in [0.2, 0.25) is 0 Å². The molecule has 1 aromatic heterocycles. The molecular weight excluding hydrogens is 401 g/mol. The summed E-state index contributed by atoms with van der Waals surface area (Å²) in [6, 6.07) is 14.0. The SMILES string of the molecule is CC(=O)N1CCc2ccccc2C1CC(=O)Nc1ncc(Cc2ccc(F)cc2)s1. The second-order valence-corrected chi connectivity index (χ2v) is 8.48. The number of nitrogens with one attached hydrogen (secondary N) is 1. The second kappa shape index (κ2) is 8.75. The van der Waals surface area contributed by atoms with E-state index >= 15 is 0 Å². The Bertz CT molecular complexity index is 1060. The normalized spacial score (nSPS) is 15.5. The van der Waals surface area contributed by atoms with E-state index < -0.39 is 0 Å². The maximum absolute atomic E-state index is 13.1. The van der Waals surface area contributed by atoms with Gasteiger partial charge in [-0.3, -0.25) is 9.59 Å². The Balaban J connectivity index is 1.43. The summed E-state index contributed by atoms with van der Waals surface area (Å²) in [4.78, 5) is 31.9. The molecule has 2 heterocycles. The van der Waals surface area contributed by atoms with Crippen LogP contribution in [0.1, 0.15) is 41.0 Å². The highest BCUT2D eigenvalue weighted by Gasteiger charge is 2.30. The Labute approximate surface area is 178 Å². The summed E-state index contributed by atoms with van der Waals surface area (Å²) in [6.45, 7) is 2.16. The fraction of sp³-hybridized carbons (Fsp3) is 0.261. The molecule has 1 atom stereocenters. The minimum absolute atomic E-state index is 0.0295. The van der Waals surface area contributed by atoms with Crippen LogP contribution in [-0.2, 0) is 22.4 Å². The third-order valence-corrected chi connectivity index (χ3v) is 6.20. The van der Waals surface area contributed by atoms with Gasteiger partial charge in [-0.1, -0.05) is 36.4 Å². The molecule has 0 bridgehead atoms. The monoisotopic (exact) mass is 423 g/mol. The third kappa shape index (κ3) is 4.57. The van der Waals surface area contributed by atoms with Crippen LogP contribution >= 0.6 is 11.3 Å². The van der Waals surface area contributed by atoms with E-state index in [1.807, 2.05) is 18.2 Å². The molecule has 3 aromatic rings. The first kappa shape index (κ1) is 20.2. The van der Waals surface area contributed by atoms with Gasteiger partial charge in [-0.2, -0.15) is 0 Å². The number of hydrogen-bond acceptors (Lipinski definition) is 4. The molecule has 4 rings (SSSR count). The van der Waals surface area contributed by atoms with Crippen LogP contribution in [0.4, 0.5) is 9.52 Å². The zero-order valence-electron chi connectivity index (χ0n) is 16.6. The largest absolute Gasteiger partial charge is 0.335 e. The zero-order chi connectivity index (χ0) is 21.1. The number of carbonyl (C=O) groups excluding carboxylic acids is 2. The number of carbonyl (C=O) groups is 2. The summed E-state index contributed by atoms with van der Waals surface area (Å²) < 4.78 is 13.1. The van der Waals surface area contributed by atoms with Crippen LogP contribution in [0.5, 0.6) is 0 Å². The molecule has 30 heavy (non-hydrogen) atoms. The molecular formula is C23H22FN3O2S. The van der Waals surface area contributed by atoms with E-state index in [9.17, 15) is 14.0 Å². The second-order valence-electron chi connectivity index (χ2n) is 7.36. The smallest absolute Gasteiger partial charge is 0.228 e. The number of rotatable bonds is 5. The molecule has 2 aromatic carbocycles. The van der Waals surface area contributed by atoms with Crippen molar-refractivity contribution in [2.24, 2.45) is 0 Å². The van der Waals surface area contributed by atoms with E-state index in [0.717, 1.165) is 22.4 Å². The Morgan fingerprint density at radius 1 is 1.20 bits per heavy atom. The number of hydrogen-bond donors (Lipinski definition) is 1. The molecule has 0 radical (unpaired) electrons. The third-order valence-electron chi connectivity index (χ3n) is 5.29. The van der Waals surface area contributed by atoms with Gasteiger partial charge >= 0.3 is 0 Å². The number of amides is 2. The molecule has 154 valence electrons. The van der Waals surface area contributed by atoms with E-state index in [1.165, 1.54) is 29.0 Å². The predicted molar refractivity (Wildman–Crippen MR) is 115 cm³/mol. The van der Waals surface area contributed by atoms with Crippen molar-refractivity contribution in [2.45, 2.75) is 32.2 Å². The molecule has 0 saturated heterocycles. The van der Waals surface area contributed by atoms with Gasteiger partial charge in [0.15, 0.2) is 5.13 Å². The number of anilines is 1. The van der Waals surface area contributed by atoms with Crippen molar-refractivity contribution in [1.82, 2.24) is 9.88 Å². The minimum Gasteiger partial charge on any atom is -0.335 e. The lowest BCUT2D eigenvalue weighted by Gasteiger charge is -2.36. The Kier molecular flexibility index (Phi) is 5.90. The van der Waals surface area contributed by atoms with E-state index in [-0.39, 0.29) is 30.1 Å². The van der Waals surface area contributed by atoms with E-state index in [2.05, 4.69) is 16.4 Å². The lowest BCUT2D eigenvalue weighted by molar-refractivity contribution is -0.132. The number of halogens is 1. The minimum atomic E-state index is -0.272. The maximum Gasteiger partial charge on any atom is 0.228 e. The first-order valence-corrected chi connectivity index (χ1v) is 10.7. The maximum atomic E-state index is 13.1. The predicted octanol–water partition coefficient (Wildman–Crippen LogP) is 4.35. The summed E-state index contributed by atoms with van der Waals surface area (Å²) in [6.07, 6.45) is 3.33. The molecule has 1 aliphatic heterocycles. The molecule has 5 nitrogen and oxygen atoms in total. The Morgan fingerprint density at radius 3 is 2.73 bits per heavy atom. The number of benzene rings is 2. The van der Waals surface area contributed by atoms with Gasteiger partial charge in [0.25, 0.3) is 0 Å². The van der Waals surface area contributed by atoms with Gasteiger partial charge in [-0.25, -0.2) is 9.37 Å². The molecule has 0 spiro atoms. The molecule has 1 unspecified atom stereocenters. The van der Waals surface area contributed by atoms with E-state index in [0.29, 0.717) is 18.1 Å². The summed E-state index contributed by atoms with van der Waals surface area (Å²) in [5.74, 6) is -0.469. The van der Waals surface area contributed by atoms with Gasteiger partial charge in [-0.15, -0.1) is 11.3 Å². The van der Waals surface area contributed by atoms with Crippen molar-refractivity contribution in [3.05, 3.63) is 82.1 Å². The standard InChI is InChI=1S/C23H22FN3O2S/c1-15(28)27-11-10-17-4-2-3-5-20(17)21(27)13-22(29)26-23-25-14-19(30-23)12-16-6-8-18(24)9-7-16/h2-9,14,21H,10-13H2,1H3,(H,25,26,29). The number of nitrogens with zero attached hydrogens (tertiary/aromatic N) is 2. The average molecular weight is 424 g/mol. The van der Waals surface area contributed by atoms with E-state index in [4.69, 9.17) is 0 Å².